The van der Waals surface area contributed by atoms with Gasteiger partial charge in [-0.25, -0.2) is 4.39 Å². The maximum absolute atomic E-state index is 13.0. The number of aryl methyl sites for hydroxylation is 1. The molecule has 0 saturated carbocycles. The zero-order valence-corrected chi connectivity index (χ0v) is 16.2. The highest BCUT2D eigenvalue weighted by atomic mass is 19.1. The highest BCUT2D eigenvalue weighted by Crippen LogP contribution is 2.21. The standard InChI is InChI=1S/C22H26FNO5/c23-17-6-8-19(9-7-17)29-20-11-12-24(14-20)13-18(25)15-28-21-4-2-1-3-16(21)5-10-22(26)27/h1-4,6-9,18,20,25H,5,10-15H2,(H,26,27). The molecule has 2 atom stereocenters. The largest absolute Gasteiger partial charge is 0.491 e. The van der Waals surface area contributed by atoms with Crippen LogP contribution >= 0.6 is 0 Å². The summed E-state index contributed by atoms with van der Waals surface area (Å²) in [7, 11) is 0. The lowest BCUT2D eigenvalue weighted by Crippen LogP contribution is -2.35. The molecule has 0 spiro atoms. The molecule has 29 heavy (non-hydrogen) atoms. The summed E-state index contributed by atoms with van der Waals surface area (Å²) < 4.78 is 24.6. The van der Waals surface area contributed by atoms with E-state index in [0.717, 1.165) is 18.5 Å². The summed E-state index contributed by atoms with van der Waals surface area (Å²) in [6.45, 7) is 2.08. The van der Waals surface area contributed by atoms with Gasteiger partial charge in [-0.15, -0.1) is 0 Å². The fourth-order valence-corrected chi connectivity index (χ4v) is 3.39. The van der Waals surface area contributed by atoms with Gasteiger partial charge >= 0.3 is 5.97 Å². The molecule has 1 heterocycles. The minimum absolute atomic E-state index is 0.00493. The van der Waals surface area contributed by atoms with Gasteiger partial charge in [0.25, 0.3) is 0 Å². The van der Waals surface area contributed by atoms with Crippen LogP contribution in [0.1, 0.15) is 18.4 Å². The van der Waals surface area contributed by atoms with Crippen LogP contribution in [0.25, 0.3) is 0 Å². The number of carbonyl (C=O) groups is 1. The van der Waals surface area contributed by atoms with E-state index in [0.29, 0.717) is 31.0 Å². The van der Waals surface area contributed by atoms with E-state index in [9.17, 15) is 14.3 Å². The molecule has 2 unspecified atom stereocenters. The number of para-hydroxylation sites is 1. The van der Waals surface area contributed by atoms with Gasteiger partial charge < -0.3 is 19.7 Å². The Morgan fingerprint density at radius 1 is 1.21 bits per heavy atom. The van der Waals surface area contributed by atoms with Crippen molar-refractivity contribution in [3.05, 3.63) is 59.9 Å². The topological polar surface area (TPSA) is 79.2 Å². The Bertz CT molecular complexity index is 798. The van der Waals surface area contributed by atoms with Gasteiger partial charge in [-0.1, -0.05) is 18.2 Å². The van der Waals surface area contributed by atoms with E-state index in [1.807, 2.05) is 18.2 Å². The molecule has 3 rings (SSSR count). The van der Waals surface area contributed by atoms with Crippen molar-refractivity contribution in [1.82, 2.24) is 4.90 Å². The highest BCUT2D eigenvalue weighted by molar-refractivity contribution is 5.67. The highest BCUT2D eigenvalue weighted by Gasteiger charge is 2.25. The number of likely N-dealkylation sites (tertiary alicyclic amines) is 1. The Morgan fingerprint density at radius 2 is 1.97 bits per heavy atom. The Labute approximate surface area is 169 Å². The average molecular weight is 403 g/mol. The number of benzene rings is 2. The number of β-amino-alcohol motifs (C(OH)–C–C–N with tert-alkyl or cyclic N) is 1. The summed E-state index contributed by atoms with van der Waals surface area (Å²) in [6, 6.07) is 13.3. The number of aliphatic hydroxyl groups excluding tert-OH is 1. The molecule has 7 heteroatoms. The molecule has 1 aliphatic heterocycles. The number of rotatable bonds is 10. The molecule has 156 valence electrons. The summed E-state index contributed by atoms with van der Waals surface area (Å²) in [6.07, 6.45) is 0.586. The number of ether oxygens (including phenoxy) is 2. The lowest BCUT2D eigenvalue weighted by Gasteiger charge is -2.21. The van der Waals surface area contributed by atoms with Crippen molar-refractivity contribution in [2.45, 2.75) is 31.5 Å². The zero-order valence-electron chi connectivity index (χ0n) is 16.2. The number of aliphatic carboxylic acids is 1. The van der Waals surface area contributed by atoms with Crippen LogP contribution in [0.15, 0.2) is 48.5 Å². The molecular formula is C22H26FNO5. The van der Waals surface area contributed by atoms with E-state index in [1.54, 1.807) is 18.2 Å². The molecule has 1 fully saturated rings. The molecule has 0 radical (unpaired) electrons. The second-order valence-electron chi connectivity index (χ2n) is 7.21. The first kappa shape index (κ1) is 21.1. The summed E-state index contributed by atoms with van der Waals surface area (Å²) in [5.74, 6) is 0.0937. The van der Waals surface area contributed by atoms with Gasteiger partial charge in [-0.3, -0.25) is 9.69 Å². The quantitative estimate of drug-likeness (QED) is 0.635. The maximum Gasteiger partial charge on any atom is 0.303 e. The predicted molar refractivity (Wildman–Crippen MR) is 106 cm³/mol. The fourth-order valence-electron chi connectivity index (χ4n) is 3.39. The minimum Gasteiger partial charge on any atom is -0.491 e. The van der Waals surface area contributed by atoms with Crippen molar-refractivity contribution in [1.29, 1.82) is 0 Å². The van der Waals surface area contributed by atoms with Gasteiger partial charge in [0.15, 0.2) is 0 Å². The number of hydrogen-bond acceptors (Lipinski definition) is 5. The molecule has 0 amide bonds. The zero-order chi connectivity index (χ0) is 20.6. The molecule has 0 aliphatic carbocycles. The van der Waals surface area contributed by atoms with Crippen LogP contribution in [0, 0.1) is 5.82 Å². The van der Waals surface area contributed by atoms with Gasteiger partial charge in [0.2, 0.25) is 0 Å². The van der Waals surface area contributed by atoms with Crippen molar-refractivity contribution in [3.8, 4) is 11.5 Å². The van der Waals surface area contributed by atoms with Crippen LogP contribution in [0.4, 0.5) is 4.39 Å². The first-order valence-electron chi connectivity index (χ1n) is 9.75. The smallest absolute Gasteiger partial charge is 0.303 e. The first-order chi connectivity index (χ1) is 14.0. The monoisotopic (exact) mass is 403 g/mol. The second kappa shape index (κ2) is 10.2. The minimum atomic E-state index is -0.855. The predicted octanol–water partition coefficient (Wildman–Crippen LogP) is 2.74. The molecule has 0 aromatic heterocycles. The third-order valence-corrected chi connectivity index (χ3v) is 4.83. The second-order valence-corrected chi connectivity index (χ2v) is 7.21. The third-order valence-electron chi connectivity index (χ3n) is 4.83. The van der Waals surface area contributed by atoms with Crippen LogP contribution < -0.4 is 9.47 Å². The summed E-state index contributed by atoms with van der Waals surface area (Å²) in [4.78, 5) is 12.9. The SMILES string of the molecule is O=C(O)CCc1ccccc1OCC(O)CN1CCC(Oc2ccc(F)cc2)C1. The summed E-state index contributed by atoms with van der Waals surface area (Å²) in [5.41, 5.74) is 0.816. The Balaban J connectivity index is 1.43. The van der Waals surface area contributed by atoms with Crippen LogP contribution in [0.2, 0.25) is 0 Å². The summed E-state index contributed by atoms with van der Waals surface area (Å²) in [5, 5.41) is 19.2. The Kier molecular flexibility index (Phi) is 7.43. The van der Waals surface area contributed by atoms with Gasteiger partial charge in [0.1, 0.15) is 36.1 Å². The van der Waals surface area contributed by atoms with Gasteiger partial charge in [0, 0.05) is 26.1 Å². The number of aliphatic hydroxyl groups is 1. The maximum atomic E-state index is 13.0. The van der Waals surface area contributed by atoms with Crippen molar-refractivity contribution in [3.63, 3.8) is 0 Å². The van der Waals surface area contributed by atoms with Crippen LogP contribution in [0.3, 0.4) is 0 Å². The van der Waals surface area contributed by atoms with E-state index < -0.39 is 12.1 Å². The van der Waals surface area contributed by atoms with Gasteiger partial charge in [0.05, 0.1) is 0 Å². The fraction of sp³-hybridized carbons (Fsp3) is 0.409. The lowest BCUT2D eigenvalue weighted by molar-refractivity contribution is -0.136. The van der Waals surface area contributed by atoms with Gasteiger partial charge in [-0.2, -0.15) is 0 Å². The lowest BCUT2D eigenvalue weighted by atomic mass is 10.1. The van der Waals surface area contributed by atoms with Crippen molar-refractivity contribution in [2.75, 3.05) is 26.2 Å². The summed E-state index contributed by atoms with van der Waals surface area (Å²) >= 11 is 0. The van der Waals surface area contributed by atoms with E-state index in [2.05, 4.69) is 4.90 Å². The number of carboxylic acids is 1. The van der Waals surface area contributed by atoms with Crippen LogP contribution in [0.5, 0.6) is 11.5 Å². The number of carboxylic acid groups (broad SMARTS) is 1. The van der Waals surface area contributed by atoms with E-state index in [1.165, 1.54) is 12.1 Å². The molecule has 2 aromatic rings. The Hall–Kier alpha value is -2.64. The number of nitrogens with zero attached hydrogens (tertiary/aromatic N) is 1. The third kappa shape index (κ3) is 6.73. The number of hydrogen-bond donors (Lipinski definition) is 2. The van der Waals surface area contributed by atoms with E-state index in [4.69, 9.17) is 14.6 Å². The van der Waals surface area contributed by atoms with Crippen LogP contribution in [-0.4, -0.2) is 59.5 Å². The molecular weight excluding hydrogens is 377 g/mol. The number of halogens is 1. The van der Waals surface area contributed by atoms with Crippen molar-refractivity contribution in [2.24, 2.45) is 0 Å². The van der Waals surface area contributed by atoms with Crippen molar-refractivity contribution < 1.29 is 28.9 Å². The molecule has 2 N–H and O–H groups in total. The van der Waals surface area contributed by atoms with Crippen LogP contribution in [-0.2, 0) is 11.2 Å². The molecule has 1 saturated heterocycles. The Morgan fingerprint density at radius 3 is 2.72 bits per heavy atom. The first-order valence-corrected chi connectivity index (χ1v) is 9.75. The molecule has 2 aromatic carbocycles. The van der Waals surface area contributed by atoms with Crippen molar-refractivity contribution >= 4 is 5.97 Å². The van der Waals surface area contributed by atoms with E-state index in [-0.39, 0.29) is 24.9 Å². The normalized spacial score (nSPS) is 17.8. The van der Waals surface area contributed by atoms with Gasteiger partial charge in [-0.05, 0) is 48.7 Å². The molecule has 1 aliphatic rings. The van der Waals surface area contributed by atoms with E-state index >= 15 is 0 Å². The average Bonchev–Trinajstić information content (AvgIpc) is 3.13. The molecule has 6 nitrogen and oxygen atoms in total. The molecule has 0 bridgehead atoms.